The number of aryl methyl sites for hydroxylation is 2. The molecule has 0 atom stereocenters. The van der Waals surface area contributed by atoms with Crippen LogP contribution in [0.25, 0.3) is 0 Å². The average molecular weight is 262 g/mol. The highest BCUT2D eigenvalue weighted by Gasteiger charge is 2.03. The minimum atomic E-state index is 0.0642. The fourth-order valence-corrected chi connectivity index (χ4v) is 1.77. The highest BCUT2D eigenvalue weighted by Crippen LogP contribution is 1.95. The highest BCUT2D eigenvalue weighted by atomic mass is 16.1. The van der Waals surface area contributed by atoms with E-state index in [0.717, 1.165) is 18.8 Å². The van der Waals surface area contributed by atoms with Gasteiger partial charge in [0.25, 0.3) is 0 Å². The van der Waals surface area contributed by atoms with Crippen LogP contribution in [0.4, 0.5) is 0 Å². The first-order valence-electron chi connectivity index (χ1n) is 6.32. The molecular formula is C12H18N6O. The van der Waals surface area contributed by atoms with Crippen molar-refractivity contribution >= 4 is 5.91 Å². The SMILES string of the molecule is Cn1cnnc1CCNC(=O)CCCn1cccn1. The van der Waals surface area contributed by atoms with Crippen LogP contribution < -0.4 is 5.32 Å². The summed E-state index contributed by atoms with van der Waals surface area (Å²) in [5.74, 6) is 0.936. The van der Waals surface area contributed by atoms with Crippen LogP contribution in [0, 0.1) is 0 Å². The lowest BCUT2D eigenvalue weighted by atomic mass is 10.3. The summed E-state index contributed by atoms with van der Waals surface area (Å²) in [6.45, 7) is 1.36. The van der Waals surface area contributed by atoms with Crippen LogP contribution in [0.3, 0.4) is 0 Å². The Morgan fingerprint density at radius 2 is 2.37 bits per heavy atom. The van der Waals surface area contributed by atoms with Gasteiger partial charge in [0.1, 0.15) is 12.2 Å². The van der Waals surface area contributed by atoms with Crippen molar-refractivity contribution in [3.05, 3.63) is 30.6 Å². The average Bonchev–Trinajstić information content (AvgIpc) is 3.02. The molecule has 102 valence electrons. The first-order chi connectivity index (χ1) is 9.25. The van der Waals surface area contributed by atoms with Gasteiger partial charge in [-0.05, 0) is 12.5 Å². The van der Waals surface area contributed by atoms with E-state index >= 15 is 0 Å². The lowest BCUT2D eigenvalue weighted by molar-refractivity contribution is -0.121. The van der Waals surface area contributed by atoms with E-state index in [1.165, 1.54) is 0 Å². The Morgan fingerprint density at radius 3 is 3.05 bits per heavy atom. The molecule has 0 fully saturated rings. The monoisotopic (exact) mass is 262 g/mol. The maximum Gasteiger partial charge on any atom is 0.220 e. The van der Waals surface area contributed by atoms with E-state index in [-0.39, 0.29) is 5.91 Å². The largest absolute Gasteiger partial charge is 0.356 e. The molecule has 1 N–H and O–H groups in total. The zero-order chi connectivity index (χ0) is 13.5. The topological polar surface area (TPSA) is 77.6 Å². The maximum absolute atomic E-state index is 11.6. The second kappa shape index (κ2) is 6.67. The van der Waals surface area contributed by atoms with Crippen LogP contribution in [0.1, 0.15) is 18.7 Å². The summed E-state index contributed by atoms with van der Waals surface area (Å²) in [4.78, 5) is 11.6. The van der Waals surface area contributed by atoms with Crippen LogP contribution in [0.15, 0.2) is 24.8 Å². The Hall–Kier alpha value is -2.18. The van der Waals surface area contributed by atoms with Crippen LogP contribution in [0.2, 0.25) is 0 Å². The van der Waals surface area contributed by atoms with Crippen molar-refractivity contribution < 1.29 is 4.79 Å². The number of carbonyl (C=O) groups excluding carboxylic acids is 1. The van der Waals surface area contributed by atoms with Crippen molar-refractivity contribution in [3.63, 3.8) is 0 Å². The molecule has 0 aromatic carbocycles. The smallest absolute Gasteiger partial charge is 0.220 e. The van der Waals surface area contributed by atoms with Crippen LogP contribution in [0.5, 0.6) is 0 Å². The molecule has 2 heterocycles. The Morgan fingerprint density at radius 1 is 1.47 bits per heavy atom. The zero-order valence-corrected chi connectivity index (χ0v) is 11.0. The number of hydrogen-bond acceptors (Lipinski definition) is 4. The molecule has 0 aliphatic rings. The van der Waals surface area contributed by atoms with E-state index < -0.39 is 0 Å². The van der Waals surface area contributed by atoms with Crippen molar-refractivity contribution in [1.29, 1.82) is 0 Å². The van der Waals surface area contributed by atoms with Gasteiger partial charge in [-0.2, -0.15) is 5.10 Å². The predicted molar refractivity (Wildman–Crippen MR) is 69.2 cm³/mol. The van der Waals surface area contributed by atoms with Gasteiger partial charge in [0, 0.05) is 45.4 Å². The molecule has 0 saturated carbocycles. The van der Waals surface area contributed by atoms with Gasteiger partial charge in [-0.15, -0.1) is 10.2 Å². The number of aromatic nitrogens is 5. The van der Waals surface area contributed by atoms with Crippen LogP contribution >= 0.6 is 0 Å². The van der Waals surface area contributed by atoms with Gasteiger partial charge in [0.15, 0.2) is 0 Å². The quantitative estimate of drug-likeness (QED) is 0.770. The summed E-state index contributed by atoms with van der Waals surface area (Å²) in [6.07, 6.45) is 7.28. The lowest BCUT2D eigenvalue weighted by Gasteiger charge is -2.05. The second-order valence-electron chi connectivity index (χ2n) is 4.33. The molecule has 7 heteroatoms. The number of carbonyl (C=O) groups is 1. The molecule has 0 saturated heterocycles. The summed E-state index contributed by atoms with van der Waals surface area (Å²) in [5.41, 5.74) is 0. The minimum absolute atomic E-state index is 0.0642. The van der Waals surface area contributed by atoms with Crippen molar-refractivity contribution in [3.8, 4) is 0 Å². The summed E-state index contributed by atoms with van der Waals surface area (Å²) < 4.78 is 3.68. The molecule has 0 aliphatic carbocycles. The third-order valence-corrected chi connectivity index (χ3v) is 2.83. The van der Waals surface area contributed by atoms with E-state index in [2.05, 4.69) is 20.6 Å². The number of nitrogens with one attached hydrogen (secondary N) is 1. The third-order valence-electron chi connectivity index (χ3n) is 2.83. The standard InChI is InChI=1S/C12H18N6O/c1-17-10-14-16-11(17)5-7-13-12(19)4-2-8-18-9-3-6-15-18/h3,6,9-10H,2,4-5,7-8H2,1H3,(H,13,19). The molecule has 0 spiro atoms. The predicted octanol–water partition coefficient (Wildman–Crippen LogP) is 0.151. The molecule has 2 aromatic rings. The fourth-order valence-electron chi connectivity index (χ4n) is 1.77. The van der Waals surface area contributed by atoms with Gasteiger partial charge >= 0.3 is 0 Å². The minimum Gasteiger partial charge on any atom is -0.356 e. The van der Waals surface area contributed by atoms with Gasteiger partial charge in [-0.1, -0.05) is 0 Å². The molecule has 0 aliphatic heterocycles. The number of nitrogens with zero attached hydrogens (tertiary/aromatic N) is 5. The summed E-state index contributed by atoms with van der Waals surface area (Å²) in [5, 5.41) is 14.7. The molecular weight excluding hydrogens is 244 g/mol. The van der Waals surface area contributed by atoms with Crippen molar-refractivity contribution in [2.24, 2.45) is 7.05 Å². The van der Waals surface area contributed by atoms with Crippen LogP contribution in [-0.4, -0.2) is 37.0 Å². The Labute approximate surface area is 111 Å². The van der Waals surface area contributed by atoms with Gasteiger partial charge < -0.3 is 9.88 Å². The lowest BCUT2D eigenvalue weighted by Crippen LogP contribution is -2.26. The maximum atomic E-state index is 11.6. The van der Waals surface area contributed by atoms with Gasteiger partial charge in [0.2, 0.25) is 5.91 Å². The molecule has 7 nitrogen and oxygen atoms in total. The highest BCUT2D eigenvalue weighted by molar-refractivity contribution is 5.75. The van der Waals surface area contributed by atoms with E-state index in [1.54, 1.807) is 12.5 Å². The van der Waals surface area contributed by atoms with E-state index in [1.807, 2.05) is 28.6 Å². The molecule has 19 heavy (non-hydrogen) atoms. The number of amides is 1. The molecule has 0 bridgehead atoms. The third kappa shape index (κ3) is 4.20. The Bertz CT molecular complexity index is 504. The van der Waals surface area contributed by atoms with E-state index in [0.29, 0.717) is 19.4 Å². The Kier molecular flexibility index (Phi) is 4.66. The van der Waals surface area contributed by atoms with Gasteiger partial charge in [-0.3, -0.25) is 9.48 Å². The molecule has 0 radical (unpaired) electrons. The van der Waals surface area contributed by atoms with E-state index in [4.69, 9.17) is 0 Å². The number of rotatable bonds is 7. The van der Waals surface area contributed by atoms with Crippen molar-refractivity contribution in [2.75, 3.05) is 6.54 Å². The molecule has 1 amide bonds. The molecule has 2 rings (SSSR count). The van der Waals surface area contributed by atoms with Gasteiger partial charge in [-0.25, -0.2) is 0 Å². The number of hydrogen-bond donors (Lipinski definition) is 1. The molecule has 0 unspecified atom stereocenters. The summed E-state index contributed by atoms with van der Waals surface area (Å²) in [7, 11) is 1.89. The van der Waals surface area contributed by atoms with Crippen molar-refractivity contribution in [2.45, 2.75) is 25.8 Å². The second-order valence-corrected chi connectivity index (χ2v) is 4.33. The summed E-state index contributed by atoms with van der Waals surface area (Å²) >= 11 is 0. The van der Waals surface area contributed by atoms with Crippen LogP contribution in [-0.2, 0) is 24.8 Å². The zero-order valence-electron chi connectivity index (χ0n) is 11.0. The van der Waals surface area contributed by atoms with Crippen molar-refractivity contribution in [1.82, 2.24) is 29.9 Å². The Balaban J connectivity index is 1.58. The summed E-state index contributed by atoms with van der Waals surface area (Å²) in [6, 6.07) is 1.88. The first-order valence-corrected chi connectivity index (χ1v) is 6.32. The van der Waals surface area contributed by atoms with E-state index in [9.17, 15) is 4.79 Å². The molecule has 2 aromatic heterocycles. The first kappa shape index (κ1) is 13.3. The fraction of sp³-hybridized carbons (Fsp3) is 0.500. The van der Waals surface area contributed by atoms with Gasteiger partial charge in [0.05, 0.1) is 0 Å². The normalized spacial score (nSPS) is 10.6.